The van der Waals surface area contributed by atoms with Gasteiger partial charge in [-0.15, -0.1) is 11.3 Å². The van der Waals surface area contributed by atoms with E-state index in [0.29, 0.717) is 5.88 Å². The summed E-state index contributed by atoms with van der Waals surface area (Å²) < 4.78 is 6.79. The first kappa shape index (κ1) is 10.5. The fraction of sp³-hybridized carbons (Fsp3) is 0. The number of H-pyrrole nitrogens is 1. The second-order valence-corrected chi connectivity index (χ2v) is 4.95. The van der Waals surface area contributed by atoms with E-state index < -0.39 is 0 Å². The Balaban J connectivity index is 1.79. The highest BCUT2D eigenvalue weighted by Crippen LogP contribution is 2.31. The van der Waals surface area contributed by atoms with Crippen LogP contribution >= 0.6 is 11.3 Å². The molecule has 0 radical (unpaired) electrons. The highest BCUT2D eigenvalue weighted by molar-refractivity contribution is 7.17. The molecule has 0 aliphatic carbocycles. The maximum atomic E-state index is 5.84. The number of aromatic amines is 1. The largest absolute Gasteiger partial charge is 0.437 e. The molecule has 0 bridgehead atoms. The van der Waals surface area contributed by atoms with Gasteiger partial charge in [-0.3, -0.25) is 5.10 Å². The molecule has 0 amide bonds. The minimum atomic E-state index is 0.582. The van der Waals surface area contributed by atoms with Crippen molar-refractivity contribution >= 4 is 32.5 Å². The van der Waals surface area contributed by atoms with Crippen molar-refractivity contribution < 1.29 is 4.74 Å². The fourth-order valence-electron chi connectivity index (χ4n) is 1.93. The topological polar surface area (TPSA) is 63.7 Å². The van der Waals surface area contributed by atoms with E-state index in [2.05, 4.69) is 20.2 Å². The van der Waals surface area contributed by atoms with E-state index in [1.54, 1.807) is 17.5 Å². The Morgan fingerprint density at radius 2 is 2.16 bits per heavy atom. The SMILES string of the molecule is c1nc(Oc2ccc3cn[nH]c3c2)c2sccc2n1. The predicted octanol–water partition coefficient (Wildman–Crippen LogP) is 3.36. The molecular formula is C13H8N4OS. The van der Waals surface area contributed by atoms with E-state index in [1.165, 1.54) is 6.33 Å². The van der Waals surface area contributed by atoms with Crippen molar-refractivity contribution in [2.45, 2.75) is 0 Å². The molecular weight excluding hydrogens is 260 g/mol. The first-order valence-corrected chi connectivity index (χ1v) is 6.57. The summed E-state index contributed by atoms with van der Waals surface area (Å²) in [5.41, 5.74) is 1.84. The molecule has 4 rings (SSSR count). The number of rotatable bonds is 2. The van der Waals surface area contributed by atoms with Crippen LogP contribution in [0.4, 0.5) is 0 Å². The first-order valence-electron chi connectivity index (χ1n) is 5.69. The van der Waals surface area contributed by atoms with Crippen LogP contribution in [0.1, 0.15) is 0 Å². The highest BCUT2D eigenvalue weighted by atomic mass is 32.1. The van der Waals surface area contributed by atoms with Gasteiger partial charge in [-0.05, 0) is 23.6 Å². The van der Waals surface area contributed by atoms with E-state index in [4.69, 9.17) is 4.74 Å². The number of nitrogens with zero attached hydrogens (tertiary/aromatic N) is 3. The van der Waals surface area contributed by atoms with Crippen LogP contribution in [0.5, 0.6) is 11.6 Å². The molecule has 3 heterocycles. The lowest BCUT2D eigenvalue weighted by atomic mass is 10.2. The quantitative estimate of drug-likeness (QED) is 0.605. The number of ether oxygens (including phenoxy) is 1. The Labute approximate surface area is 111 Å². The van der Waals surface area contributed by atoms with Crippen LogP contribution in [0.3, 0.4) is 0 Å². The number of hydrogen-bond acceptors (Lipinski definition) is 5. The second-order valence-electron chi connectivity index (χ2n) is 4.03. The Bertz CT molecular complexity index is 867. The van der Waals surface area contributed by atoms with E-state index in [-0.39, 0.29) is 0 Å². The predicted molar refractivity (Wildman–Crippen MR) is 73.6 cm³/mol. The van der Waals surface area contributed by atoms with Crippen LogP contribution in [0.25, 0.3) is 21.1 Å². The van der Waals surface area contributed by atoms with E-state index in [9.17, 15) is 0 Å². The van der Waals surface area contributed by atoms with Gasteiger partial charge in [0.05, 0.1) is 17.2 Å². The molecule has 0 spiro atoms. The Hall–Kier alpha value is -2.47. The molecule has 0 aliphatic rings. The molecule has 6 heteroatoms. The average molecular weight is 268 g/mol. The lowest BCUT2D eigenvalue weighted by molar-refractivity contribution is 0.469. The van der Waals surface area contributed by atoms with Crippen molar-refractivity contribution in [2.24, 2.45) is 0 Å². The smallest absolute Gasteiger partial charge is 0.240 e. The number of hydrogen-bond donors (Lipinski definition) is 1. The van der Waals surface area contributed by atoms with Crippen LogP contribution in [0, 0.1) is 0 Å². The van der Waals surface area contributed by atoms with E-state index in [1.807, 2.05) is 29.6 Å². The molecule has 0 atom stereocenters. The number of benzene rings is 1. The molecule has 4 aromatic rings. The number of thiophene rings is 1. The average Bonchev–Trinajstić information content (AvgIpc) is 3.06. The zero-order valence-electron chi connectivity index (χ0n) is 9.70. The van der Waals surface area contributed by atoms with Crippen molar-refractivity contribution in [3.8, 4) is 11.6 Å². The third-order valence-electron chi connectivity index (χ3n) is 2.84. The highest BCUT2D eigenvalue weighted by Gasteiger charge is 2.08. The first-order chi connectivity index (χ1) is 9.40. The molecule has 5 nitrogen and oxygen atoms in total. The Morgan fingerprint density at radius 3 is 3.16 bits per heavy atom. The van der Waals surface area contributed by atoms with Gasteiger partial charge >= 0.3 is 0 Å². The van der Waals surface area contributed by atoms with Gasteiger partial charge in [0, 0.05) is 11.5 Å². The number of nitrogens with one attached hydrogen (secondary N) is 1. The third-order valence-corrected chi connectivity index (χ3v) is 3.73. The van der Waals surface area contributed by atoms with Gasteiger partial charge in [-0.2, -0.15) is 5.10 Å². The number of fused-ring (bicyclic) bond motifs is 2. The summed E-state index contributed by atoms with van der Waals surface area (Å²) in [6.45, 7) is 0. The third kappa shape index (κ3) is 1.73. The van der Waals surface area contributed by atoms with Crippen molar-refractivity contribution in [3.63, 3.8) is 0 Å². The molecule has 1 N–H and O–H groups in total. The molecule has 0 unspecified atom stereocenters. The van der Waals surface area contributed by atoms with Crippen LogP contribution in [-0.4, -0.2) is 20.2 Å². The molecule has 92 valence electrons. The summed E-state index contributed by atoms with van der Waals surface area (Å²) in [6, 6.07) is 7.72. The van der Waals surface area contributed by atoms with Crippen LogP contribution < -0.4 is 4.74 Å². The second kappa shape index (κ2) is 4.03. The normalized spacial score (nSPS) is 11.2. The molecule has 0 aliphatic heterocycles. The van der Waals surface area contributed by atoms with Gasteiger partial charge in [0.2, 0.25) is 5.88 Å². The van der Waals surface area contributed by atoms with Crippen LogP contribution in [0.2, 0.25) is 0 Å². The van der Waals surface area contributed by atoms with Crippen molar-refractivity contribution in [1.29, 1.82) is 0 Å². The lowest BCUT2D eigenvalue weighted by Gasteiger charge is -2.04. The summed E-state index contributed by atoms with van der Waals surface area (Å²) in [6.07, 6.45) is 3.29. The lowest BCUT2D eigenvalue weighted by Crippen LogP contribution is -1.89. The minimum Gasteiger partial charge on any atom is -0.437 e. The van der Waals surface area contributed by atoms with Gasteiger partial charge < -0.3 is 4.74 Å². The van der Waals surface area contributed by atoms with Gasteiger partial charge in [0.1, 0.15) is 16.8 Å². The Morgan fingerprint density at radius 1 is 1.16 bits per heavy atom. The molecule has 1 aromatic carbocycles. The molecule has 0 fully saturated rings. The van der Waals surface area contributed by atoms with Crippen molar-refractivity contribution in [2.75, 3.05) is 0 Å². The molecule has 0 saturated carbocycles. The number of aromatic nitrogens is 4. The molecule has 3 aromatic heterocycles. The maximum Gasteiger partial charge on any atom is 0.240 e. The van der Waals surface area contributed by atoms with Gasteiger partial charge in [0.15, 0.2) is 0 Å². The van der Waals surface area contributed by atoms with E-state index in [0.717, 1.165) is 26.9 Å². The standard InChI is InChI=1S/C13H8N4OS/c1-2-9(5-11-8(1)6-16-17-11)18-13-12-10(3-4-19-12)14-7-15-13/h1-7H,(H,16,17). The summed E-state index contributed by atoms with van der Waals surface area (Å²) in [5, 5.41) is 9.93. The van der Waals surface area contributed by atoms with E-state index >= 15 is 0 Å². The van der Waals surface area contributed by atoms with Crippen LogP contribution in [-0.2, 0) is 0 Å². The fourth-order valence-corrected chi connectivity index (χ4v) is 2.70. The molecule has 19 heavy (non-hydrogen) atoms. The van der Waals surface area contributed by atoms with Gasteiger partial charge in [0.25, 0.3) is 0 Å². The van der Waals surface area contributed by atoms with Crippen LogP contribution in [0.15, 0.2) is 42.2 Å². The maximum absolute atomic E-state index is 5.84. The summed E-state index contributed by atoms with van der Waals surface area (Å²) in [4.78, 5) is 8.38. The monoisotopic (exact) mass is 268 g/mol. The summed E-state index contributed by atoms with van der Waals surface area (Å²) >= 11 is 1.57. The van der Waals surface area contributed by atoms with Gasteiger partial charge in [-0.1, -0.05) is 0 Å². The van der Waals surface area contributed by atoms with Gasteiger partial charge in [-0.25, -0.2) is 9.97 Å². The zero-order valence-corrected chi connectivity index (χ0v) is 10.5. The Kier molecular flexibility index (Phi) is 2.22. The summed E-state index contributed by atoms with van der Waals surface area (Å²) in [5.74, 6) is 1.31. The summed E-state index contributed by atoms with van der Waals surface area (Å²) in [7, 11) is 0. The van der Waals surface area contributed by atoms with Crippen molar-refractivity contribution in [1.82, 2.24) is 20.2 Å². The zero-order chi connectivity index (χ0) is 12.7. The van der Waals surface area contributed by atoms with Crippen molar-refractivity contribution in [3.05, 3.63) is 42.2 Å². The minimum absolute atomic E-state index is 0.582. The molecule has 0 saturated heterocycles.